The van der Waals surface area contributed by atoms with Gasteiger partial charge in [-0.3, -0.25) is 0 Å². The molecule has 0 aliphatic rings. The van der Waals surface area contributed by atoms with Gasteiger partial charge in [0.05, 0.1) is 13.2 Å². The molecule has 0 saturated heterocycles. The van der Waals surface area contributed by atoms with E-state index in [1.807, 2.05) is 0 Å². The number of oxime groups is 2. The van der Waals surface area contributed by atoms with Crippen LogP contribution in [0.1, 0.15) is 20.3 Å². The van der Waals surface area contributed by atoms with E-state index in [-0.39, 0.29) is 18.2 Å². The summed E-state index contributed by atoms with van der Waals surface area (Å²) >= 11 is 0. The third-order valence-electron chi connectivity index (χ3n) is 1.15. The van der Waals surface area contributed by atoms with E-state index < -0.39 is 0 Å². The highest BCUT2D eigenvalue weighted by Crippen LogP contribution is 1.95. The quantitative estimate of drug-likeness (QED) is 0.300. The summed E-state index contributed by atoms with van der Waals surface area (Å²) in [4.78, 5) is 0. The van der Waals surface area contributed by atoms with Crippen molar-refractivity contribution in [1.29, 1.82) is 0 Å². The van der Waals surface area contributed by atoms with Crippen LogP contribution in [0.25, 0.3) is 0 Å². The van der Waals surface area contributed by atoms with E-state index in [2.05, 4.69) is 10.3 Å². The van der Waals surface area contributed by atoms with Crippen LogP contribution in [0.5, 0.6) is 0 Å². The van der Waals surface area contributed by atoms with E-state index in [4.69, 9.17) is 19.9 Å². The molecular formula is C7H14N2O4. The van der Waals surface area contributed by atoms with Gasteiger partial charge >= 0.3 is 0 Å². The molecule has 76 valence electrons. The van der Waals surface area contributed by atoms with Crippen LogP contribution >= 0.6 is 0 Å². The summed E-state index contributed by atoms with van der Waals surface area (Å²) in [5.41, 5.74) is 0. The molecule has 0 saturated carbocycles. The SMILES string of the molecule is CCOC(CC(=NO)OCC)=NO. The highest BCUT2D eigenvalue weighted by Gasteiger charge is 2.08. The maximum atomic E-state index is 8.44. The van der Waals surface area contributed by atoms with Crippen LogP contribution in [-0.4, -0.2) is 35.4 Å². The molecule has 2 N–H and O–H groups in total. The van der Waals surface area contributed by atoms with Crippen molar-refractivity contribution in [2.24, 2.45) is 10.3 Å². The molecule has 13 heavy (non-hydrogen) atoms. The average molecular weight is 190 g/mol. The van der Waals surface area contributed by atoms with Crippen molar-refractivity contribution in [2.45, 2.75) is 20.3 Å². The van der Waals surface area contributed by atoms with E-state index in [1.165, 1.54) is 0 Å². The standard InChI is InChI=1S/C7H14N2O4/c1-3-12-6(8-10)5-7(9-11)13-4-2/h10-11H,3-5H2,1-2H3. The number of ether oxygens (including phenoxy) is 2. The molecule has 0 radical (unpaired) electrons. The Morgan fingerprint density at radius 3 is 1.62 bits per heavy atom. The van der Waals surface area contributed by atoms with E-state index in [0.717, 1.165) is 0 Å². The molecule has 0 aromatic carbocycles. The van der Waals surface area contributed by atoms with Gasteiger partial charge in [-0.05, 0) is 13.8 Å². The molecule has 0 aliphatic heterocycles. The molecule has 0 aromatic rings. The highest BCUT2D eigenvalue weighted by atomic mass is 16.5. The summed E-state index contributed by atoms with van der Waals surface area (Å²) in [6.07, 6.45) is 0.0364. The molecule has 0 aromatic heterocycles. The minimum absolute atomic E-state index is 0.0364. The van der Waals surface area contributed by atoms with Crippen molar-refractivity contribution in [1.82, 2.24) is 0 Å². The van der Waals surface area contributed by atoms with E-state index >= 15 is 0 Å². The maximum absolute atomic E-state index is 8.44. The van der Waals surface area contributed by atoms with Crippen LogP contribution in [-0.2, 0) is 9.47 Å². The Labute approximate surface area is 76.4 Å². The van der Waals surface area contributed by atoms with Gasteiger partial charge in [0, 0.05) is 0 Å². The molecule has 0 heterocycles. The molecule has 0 amide bonds. The van der Waals surface area contributed by atoms with Crippen molar-refractivity contribution in [3.05, 3.63) is 0 Å². The topological polar surface area (TPSA) is 83.6 Å². The molecule has 0 rings (SSSR count). The third kappa shape index (κ3) is 4.89. The Kier molecular flexibility index (Phi) is 6.39. The van der Waals surface area contributed by atoms with Gasteiger partial charge in [-0.1, -0.05) is 10.3 Å². The maximum Gasteiger partial charge on any atom is 0.234 e. The fourth-order valence-corrected chi connectivity index (χ4v) is 0.693. The van der Waals surface area contributed by atoms with Gasteiger partial charge in [-0.15, -0.1) is 0 Å². The summed E-state index contributed by atoms with van der Waals surface area (Å²) in [6, 6.07) is 0. The van der Waals surface area contributed by atoms with Crippen molar-refractivity contribution in [2.75, 3.05) is 13.2 Å². The van der Waals surface area contributed by atoms with E-state index in [1.54, 1.807) is 13.8 Å². The van der Waals surface area contributed by atoms with Crippen molar-refractivity contribution < 1.29 is 19.9 Å². The summed E-state index contributed by atoms with van der Waals surface area (Å²) in [5.74, 6) is 0.118. The number of hydrogen-bond acceptors (Lipinski definition) is 6. The second-order valence-electron chi connectivity index (χ2n) is 2.03. The first-order valence-corrected chi connectivity index (χ1v) is 3.95. The Bertz CT molecular complexity index is 171. The van der Waals surface area contributed by atoms with Crippen LogP contribution in [0.3, 0.4) is 0 Å². The highest BCUT2D eigenvalue weighted by molar-refractivity contribution is 5.96. The van der Waals surface area contributed by atoms with Crippen LogP contribution in [0, 0.1) is 0 Å². The monoisotopic (exact) mass is 190 g/mol. The molecule has 0 fully saturated rings. The first-order chi connectivity index (χ1) is 6.28. The Morgan fingerprint density at radius 2 is 1.38 bits per heavy atom. The molecule has 6 nitrogen and oxygen atoms in total. The lowest BCUT2D eigenvalue weighted by Gasteiger charge is -2.06. The minimum atomic E-state index is 0.0364. The molecule has 6 heteroatoms. The van der Waals surface area contributed by atoms with Gasteiger partial charge in [0.2, 0.25) is 11.8 Å². The van der Waals surface area contributed by atoms with Crippen molar-refractivity contribution in [3.8, 4) is 0 Å². The molecule has 0 unspecified atom stereocenters. The fraction of sp³-hybridized carbons (Fsp3) is 0.714. The normalized spacial score (nSPS) is 12.8. The average Bonchev–Trinajstić information content (AvgIpc) is 2.16. The second-order valence-corrected chi connectivity index (χ2v) is 2.03. The molecule has 0 aliphatic carbocycles. The predicted molar refractivity (Wildman–Crippen MR) is 46.3 cm³/mol. The van der Waals surface area contributed by atoms with Crippen LogP contribution < -0.4 is 0 Å². The van der Waals surface area contributed by atoms with Gasteiger partial charge < -0.3 is 19.9 Å². The van der Waals surface area contributed by atoms with E-state index in [9.17, 15) is 0 Å². The van der Waals surface area contributed by atoms with Crippen molar-refractivity contribution in [3.63, 3.8) is 0 Å². The lowest BCUT2D eigenvalue weighted by atomic mass is 10.4. The number of nitrogens with zero attached hydrogens (tertiary/aromatic N) is 2. The molecule has 0 atom stereocenters. The lowest BCUT2D eigenvalue weighted by Crippen LogP contribution is -2.14. The lowest BCUT2D eigenvalue weighted by molar-refractivity contribution is 0.244. The second kappa shape index (κ2) is 7.20. The first kappa shape index (κ1) is 11.5. The Hall–Kier alpha value is -1.46. The predicted octanol–water partition coefficient (Wildman–Crippen LogP) is 1.02. The van der Waals surface area contributed by atoms with Crippen LogP contribution in [0.4, 0.5) is 0 Å². The van der Waals surface area contributed by atoms with Crippen LogP contribution in [0.2, 0.25) is 0 Å². The molecule has 0 spiro atoms. The largest absolute Gasteiger partial charge is 0.479 e. The van der Waals surface area contributed by atoms with Gasteiger partial charge in [0.25, 0.3) is 0 Å². The van der Waals surface area contributed by atoms with Gasteiger partial charge in [-0.25, -0.2) is 0 Å². The van der Waals surface area contributed by atoms with Gasteiger partial charge in [0.1, 0.15) is 6.42 Å². The van der Waals surface area contributed by atoms with E-state index in [0.29, 0.717) is 13.2 Å². The first-order valence-electron chi connectivity index (χ1n) is 3.95. The Morgan fingerprint density at radius 1 is 1.00 bits per heavy atom. The Balaban J connectivity index is 4.05. The summed E-state index contributed by atoms with van der Waals surface area (Å²) < 4.78 is 9.80. The van der Waals surface area contributed by atoms with Gasteiger partial charge in [0.15, 0.2) is 0 Å². The number of rotatable bonds is 4. The minimum Gasteiger partial charge on any atom is -0.479 e. The summed E-state index contributed by atoms with van der Waals surface area (Å²) in [7, 11) is 0. The third-order valence-corrected chi connectivity index (χ3v) is 1.15. The zero-order chi connectivity index (χ0) is 10.1. The van der Waals surface area contributed by atoms with Crippen molar-refractivity contribution >= 4 is 11.8 Å². The smallest absolute Gasteiger partial charge is 0.234 e. The zero-order valence-electron chi connectivity index (χ0n) is 7.73. The molecule has 0 bridgehead atoms. The van der Waals surface area contributed by atoms with Crippen LogP contribution in [0.15, 0.2) is 10.3 Å². The summed E-state index contributed by atoms with van der Waals surface area (Å²) in [5, 5.41) is 22.6. The zero-order valence-corrected chi connectivity index (χ0v) is 7.73. The molecular weight excluding hydrogens is 176 g/mol. The number of hydrogen-bond donors (Lipinski definition) is 2. The fourth-order valence-electron chi connectivity index (χ4n) is 0.693. The summed E-state index contributed by atoms with van der Waals surface area (Å²) in [6.45, 7) is 4.26. The van der Waals surface area contributed by atoms with Gasteiger partial charge in [-0.2, -0.15) is 0 Å².